The zero-order chi connectivity index (χ0) is 14.0. The van der Waals surface area contributed by atoms with Crippen molar-refractivity contribution in [2.75, 3.05) is 6.61 Å². The molecule has 1 saturated heterocycles. The highest BCUT2D eigenvalue weighted by Crippen LogP contribution is 2.24. The van der Waals surface area contributed by atoms with Crippen molar-refractivity contribution >= 4 is 0 Å². The lowest BCUT2D eigenvalue weighted by molar-refractivity contribution is -0.277. The summed E-state index contributed by atoms with van der Waals surface area (Å²) in [5, 5.41) is 38.1. The molecule has 1 aliphatic heterocycles. The monoisotopic (exact) mass is 269 g/mol. The number of ether oxygens (including phenoxy) is 2. The maximum absolute atomic E-state index is 9.78. The zero-order valence-electron chi connectivity index (χ0n) is 10.2. The molecule has 0 spiro atoms. The van der Waals surface area contributed by atoms with Gasteiger partial charge in [0, 0.05) is 0 Å². The van der Waals surface area contributed by atoms with Crippen molar-refractivity contribution in [2.45, 2.75) is 30.7 Å². The molecule has 1 heterocycles. The minimum Gasteiger partial charge on any atom is -0.462 e. The highest BCUT2D eigenvalue weighted by molar-refractivity contribution is 5.28. The average molecular weight is 269 g/mol. The Hall–Kier alpha value is -1.18. The van der Waals surface area contributed by atoms with Gasteiger partial charge in [0.2, 0.25) is 6.29 Å². The van der Waals surface area contributed by atoms with Crippen LogP contribution in [0.2, 0.25) is 0 Å². The molecular weight excluding hydrogens is 252 g/mol. The summed E-state index contributed by atoms with van der Waals surface area (Å²) in [7, 11) is 0. The van der Waals surface area contributed by atoms with Crippen molar-refractivity contribution in [1.29, 1.82) is 0 Å². The molecular formula is C13H17O6. The van der Waals surface area contributed by atoms with Gasteiger partial charge in [0.15, 0.2) is 0 Å². The summed E-state index contributed by atoms with van der Waals surface area (Å²) in [6.45, 7) is 3.24. The lowest BCUT2D eigenvalue weighted by Crippen LogP contribution is -2.60. The van der Waals surface area contributed by atoms with Crippen LogP contribution in [-0.2, 0) is 4.74 Å². The number of benzene rings is 1. The summed E-state index contributed by atoms with van der Waals surface area (Å²) in [5.74, 6) is 0.428. The van der Waals surface area contributed by atoms with E-state index in [1.807, 2.05) is 0 Å². The third kappa shape index (κ3) is 3.05. The second-order valence-corrected chi connectivity index (χ2v) is 4.46. The Morgan fingerprint density at radius 2 is 1.68 bits per heavy atom. The van der Waals surface area contributed by atoms with Crippen LogP contribution < -0.4 is 4.74 Å². The lowest BCUT2D eigenvalue weighted by atomic mass is 9.99. The van der Waals surface area contributed by atoms with E-state index in [0.29, 0.717) is 5.75 Å². The molecule has 0 bridgehead atoms. The van der Waals surface area contributed by atoms with Gasteiger partial charge in [-0.15, -0.1) is 0 Å². The van der Waals surface area contributed by atoms with Gasteiger partial charge in [-0.3, -0.25) is 0 Å². The van der Waals surface area contributed by atoms with E-state index in [1.54, 1.807) is 24.3 Å². The van der Waals surface area contributed by atoms with Crippen molar-refractivity contribution in [3.63, 3.8) is 0 Å². The molecule has 6 heteroatoms. The van der Waals surface area contributed by atoms with E-state index in [9.17, 15) is 15.3 Å². The van der Waals surface area contributed by atoms with Crippen LogP contribution in [0.4, 0.5) is 0 Å². The van der Waals surface area contributed by atoms with Crippen LogP contribution in [0.25, 0.3) is 0 Å². The number of hydrogen-bond donors (Lipinski definition) is 4. The summed E-state index contributed by atoms with van der Waals surface area (Å²) in [6, 6.07) is 6.73. The largest absolute Gasteiger partial charge is 0.462 e. The van der Waals surface area contributed by atoms with Gasteiger partial charge < -0.3 is 29.9 Å². The number of aliphatic hydroxyl groups is 4. The molecule has 0 aromatic heterocycles. The highest BCUT2D eigenvalue weighted by atomic mass is 16.7. The molecule has 6 nitrogen and oxygen atoms in total. The van der Waals surface area contributed by atoms with E-state index < -0.39 is 37.3 Å². The average Bonchev–Trinajstić information content (AvgIpc) is 2.42. The zero-order valence-corrected chi connectivity index (χ0v) is 10.2. The van der Waals surface area contributed by atoms with Crippen LogP contribution in [-0.4, -0.2) is 57.7 Å². The van der Waals surface area contributed by atoms with Crippen LogP contribution >= 0.6 is 0 Å². The topological polar surface area (TPSA) is 99.4 Å². The number of aliphatic hydroxyl groups excluding tert-OH is 4. The molecule has 105 valence electrons. The van der Waals surface area contributed by atoms with Crippen molar-refractivity contribution < 1.29 is 29.9 Å². The quantitative estimate of drug-likeness (QED) is 0.564. The first-order valence-corrected chi connectivity index (χ1v) is 5.92. The van der Waals surface area contributed by atoms with Crippen LogP contribution in [0.15, 0.2) is 24.3 Å². The second kappa shape index (κ2) is 5.85. The van der Waals surface area contributed by atoms with E-state index in [1.165, 1.54) is 0 Å². The van der Waals surface area contributed by atoms with Crippen molar-refractivity contribution in [2.24, 2.45) is 0 Å². The minimum atomic E-state index is -1.44. The lowest BCUT2D eigenvalue weighted by Gasteiger charge is -2.39. The first kappa shape index (κ1) is 14.2. The first-order valence-electron chi connectivity index (χ1n) is 5.92. The predicted molar refractivity (Wildman–Crippen MR) is 65.3 cm³/mol. The molecule has 1 radical (unpaired) electrons. The SMILES string of the molecule is [CH2]c1ccc(OC2O[C@H](CO)[C@@H](O)[C@H](O)[C@H]2O)cc1. The van der Waals surface area contributed by atoms with Crippen molar-refractivity contribution in [3.05, 3.63) is 36.8 Å². The maximum Gasteiger partial charge on any atom is 0.229 e. The van der Waals surface area contributed by atoms with E-state index in [0.717, 1.165) is 5.56 Å². The second-order valence-electron chi connectivity index (χ2n) is 4.46. The van der Waals surface area contributed by atoms with Crippen LogP contribution in [0.5, 0.6) is 5.75 Å². The molecule has 19 heavy (non-hydrogen) atoms. The molecule has 2 rings (SSSR count). The van der Waals surface area contributed by atoms with Crippen molar-refractivity contribution in [1.82, 2.24) is 0 Å². The fourth-order valence-electron chi connectivity index (χ4n) is 1.87. The normalized spacial score (nSPS) is 35.1. The molecule has 0 aliphatic carbocycles. The molecule has 4 N–H and O–H groups in total. The Morgan fingerprint density at radius 3 is 2.26 bits per heavy atom. The number of hydrogen-bond acceptors (Lipinski definition) is 6. The molecule has 0 saturated carbocycles. The van der Waals surface area contributed by atoms with Gasteiger partial charge in [-0.2, -0.15) is 0 Å². The molecule has 1 aromatic carbocycles. The molecule has 0 amide bonds. The standard InChI is InChI=1S/C13H17O6/c1-7-2-4-8(5-3-7)18-13-12(17)11(16)10(15)9(6-14)19-13/h2-5,9-17H,1,6H2/t9-,10-,11+,12-,13?/m1/s1. The smallest absolute Gasteiger partial charge is 0.229 e. The van der Waals surface area contributed by atoms with Gasteiger partial charge in [-0.1, -0.05) is 12.1 Å². The highest BCUT2D eigenvalue weighted by Gasteiger charge is 2.44. The third-order valence-electron chi connectivity index (χ3n) is 3.02. The third-order valence-corrected chi connectivity index (χ3v) is 3.02. The van der Waals surface area contributed by atoms with Crippen LogP contribution in [0, 0.1) is 6.92 Å². The maximum atomic E-state index is 9.78. The van der Waals surface area contributed by atoms with E-state index in [2.05, 4.69) is 6.92 Å². The Kier molecular flexibility index (Phi) is 4.38. The van der Waals surface area contributed by atoms with E-state index in [4.69, 9.17) is 14.6 Å². The minimum absolute atomic E-state index is 0.428. The summed E-state index contributed by atoms with van der Waals surface area (Å²) < 4.78 is 10.6. The van der Waals surface area contributed by atoms with Gasteiger partial charge >= 0.3 is 0 Å². The molecule has 5 atom stereocenters. The van der Waals surface area contributed by atoms with Gasteiger partial charge in [-0.25, -0.2) is 0 Å². The molecule has 1 fully saturated rings. The summed E-state index contributed by atoms with van der Waals surface area (Å²) in [6.07, 6.45) is -6.37. The van der Waals surface area contributed by atoms with Crippen molar-refractivity contribution in [3.8, 4) is 5.75 Å². The molecule has 1 unspecified atom stereocenters. The van der Waals surface area contributed by atoms with Gasteiger partial charge in [-0.05, 0) is 24.6 Å². The Morgan fingerprint density at radius 1 is 1.05 bits per heavy atom. The van der Waals surface area contributed by atoms with Gasteiger partial charge in [0.25, 0.3) is 0 Å². The first-order chi connectivity index (χ1) is 9.02. The Labute approximate surface area is 110 Å². The van der Waals surface area contributed by atoms with Crippen LogP contribution in [0.3, 0.4) is 0 Å². The summed E-state index contributed by atoms with van der Waals surface area (Å²) >= 11 is 0. The predicted octanol–water partition coefficient (Wildman–Crippen LogP) is -0.953. The van der Waals surface area contributed by atoms with E-state index in [-0.39, 0.29) is 0 Å². The van der Waals surface area contributed by atoms with E-state index >= 15 is 0 Å². The fraction of sp³-hybridized carbons (Fsp3) is 0.462. The summed E-state index contributed by atoms with van der Waals surface area (Å²) in [4.78, 5) is 0. The van der Waals surface area contributed by atoms with Gasteiger partial charge in [0.1, 0.15) is 30.2 Å². The fourth-order valence-corrected chi connectivity index (χ4v) is 1.87. The van der Waals surface area contributed by atoms with Gasteiger partial charge in [0.05, 0.1) is 6.61 Å². The van der Waals surface area contributed by atoms with Crippen LogP contribution in [0.1, 0.15) is 5.56 Å². The molecule has 1 aliphatic rings. The Balaban J connectivity index is 2.08. The Bertz CT molecular complexity index is 404. The summed E-state index contributed by atoms with van der Waals surface area (Å²) in [5.41, 5.74) is 0.807. The number of rotatable bonds is 3. The molecule has 1 aromatic rings.